The zero-order chi connectivity index (χ0) is 13.9. The Morgan fingerprint density at radius 3 is 2.80 bits per heavy atom. The minimum atomic E-state index is 0.166. The summed E-state index contributed by atoms with van der Waals surface area (Å²) in [6.45, 7) is 2.51. The molecule has 0 aliphatic carbocycles. The molecule has 0 aromatic carbocycles. The number of aromatic nitrogens is 1. The van der Waals surface area contributed by atoms with Crippen LogP contribution in [0, 0.1) is 12.8 Å². The van der Waals surface area contributed by atoms with E-state index in [1.54, 1.807) is 0 Å². The molecule has 108 valence electrons. The van der Waals surface area contributed by atoms with Gasteiger partial charge in [0.25, 0.3) is 0 Å². The fourth-order valence-corrected chi connectivity index (χ4v) is 3.56. The average molecular weight is 273 g/mol. The summed E-state index contributed by atoms with van der Waals surface area (Å²) in [5.41, 5.74) is 1.93. The molecule has 2 aliphatic rings. The lowest BCUT2D eigenvalue weighted by Crippen LogP contribution is -2.39. The summed E-state index contributed by atoms with van der Waals surface area (Å²) >= 11 is 0. The monoisotopic (exact) mass is 273 g/mol. The fourth-order valence-electron chi connectivity index (χ4n) is 3.56. The summed E-state index contributed by atoms with van der Waals surface area (Å²) in [4.78, 5) is 16.4. The third kappa shape index (κ3) is 3.37. The van der Waals surface area contributed by atoms with Gasteiger partial charge < -0.3 is 10.6 Å². The number of amides is 1. The second kappa shape index (κ2) is 5.92. The molecule has 4 heteroatoms. The molecular formula is C16H23N3O. The number of fused-ring (bicyclic) bond motifs is 2. The number of piperidine rings is 1. The first-order chi connectivity index (χ1) is 9.69. The van der Waals surface area contributed by atoms with Crippen molar-refractivity contribution in [3.05, 3.63) is 29.6 Å². The van der Waals surface area contributed by atoms with E-state index in [-0.39, 0.29) is 5.91 Å². The fraction of sp³-hybridized carbons (Fsp3) is 0.625. The first-order valence-electron chi connectivity index (χ1n) is 7.64. The first kappa shape index (κ1) is 13.6. The number of aryl methyl sites for hydroxylation is 1. The van der Waals surface area contributed by atoms with Gasteiger partial charge in [-0.25, -0.2) is 0 Å². The van der Waals surface area contributed by atoms with Gasteiger partial charge in [-0.2, -0.15) is 0 Å². The molecule has 1 amide bonds. The number of rotatable bonds is 4. The zero-order valence-electron chi connectivity index (χ0n) is 12.1. The Morgan fingerprint density at radius 1 is 1.35 bits per heavy atom. The molecule has 1 aromatic rings. The van der Waals surface area contributed by atoms with Crippen molar-refractivity contribution in [1.82, 2.24) is 15.6 Å². The highest BCUT2D eigenvalue weighted by atomic mass is 16.1. The van der Waals surface area contributed by atoms with Gasteiger partial charge in [-0.05, 0) is 50.7 Å². The number of hydrogen-bond acceptors (Lipinski definition) is 3. The molecule has 3 rings (SSSR count). The van der Waals surface area contributed by atoms with E-state index in [2.05, 4.69) is 15.6 Å². The van der Waals surface area contributed by atoms with Crippen molar-refractivity contribution < 1.29 is 4.79 Å². The Morgan fingerprint density at radius 2 is 2.10 bits per heavy atom. The van der Waals surface area contributed by atoms with Gasteiger partial charge in [-0.1, -0.05) is 6.07 Å². The average Bonchev–Trinajstić information content (AvgIpc) is 2.76. The summed E-state index contributed by atoms with van der Waals surface area (Å²) in [5, 5.41) is 6.62. The summed E-state index contributed by atoms with van der Waals surface area (Å²) < 4.78 is 0. The van der Waals surface area contributed by atoms with Crippen LogP contribution in [0.2, 0.25) is 0 Å². The quantitative estimate of drug-likeness (QED) is 0.881. The van der Waals surface area contributed by atoms with Crippen LogP contribution < -0.4 is 10.6 Å². The smallest absolute Gasteiger partial charge is 0.220 e. The summed E-state index contributed by atoms with van der Waals surface area (Å²) in [6.07, 6.45) is 5.56. The van der Waals surface area contributed by atoms with Gasteiger partial charge in [0.1, 0.15) is 0 Å². The molecule has 2 saturated heterocycles. The maximum absolute atomic E-state index is 12.0. The van der Waals surface area contributed by atoms with E-state index in [0.717, 1.165) is 24.2 Å². The summed E-state index contributed by atoms with van der Waals surface area (Å²) in [6, 6.07) is 7.22. The van der Waals surface area contributed by atoms with Crippen LogP contribution in [0.5, 0.6) is 0 Å². The Bertz CT molecular complexity index is 476. The number of nitrogens with zero attached hydrogens (tertiary/aromatic N) is 1. The van der Waals surface area contributed by atoms with E-state index < -0.39 is 0 Å². The highest BCUT2D eigenvalue weighted by Crippen LogP contribution is 2.32. The molecule has 2 fully saturated rings. The Balaban J connectivity index is 1.45. The van der Waals surface area contributed by atoms with Crippen LogP contribution in [0.3, 0.4) is 0 Å². The molecule has 2 N–H and O–H groups in total. The summed E-state index contributed by atoms with van der Waals surface area (Å²) in [7, 11) is 0. The van der Waals surface area contributed by atoms with E-state index in [1.807, 2.05) is 25.1 Å². The van der Waals surface area contributed by atoms with Gasteiger partial charge >= 0.3 is 0 Å². The molecule has 0 spiro atoms. The molecule has 2 bridgehead atoms. The number of hydrogen-bond donors (Lipinski definition) is 2. The van der Waals surface area contributed by atoms with E-state index in [0.29, 0.717) is 31.0 Å². The Labute approximate surface area is 120 Å². The molecule has 2 unspecified atom stereocenters. The largest absolute Gasteiger partial charge is 0.350 e. The molecule has 2 aliphatic heterocycles. The van der Waals surface area contributed by atoms with Crippen LogP contribution in [0.15, 0.2) is 18.2 Å². The number of pyridine rings is 1. The number of carbonyl (C=O) groups excluding carboxylic acids is 1. The Kier molecular flexibility index (Phi) is 4.01. The molecule has 4 nitrogen and oxygen atoms in total. The van der Waals surface area contributed by atoms with Crippen LogP contribution in [0.1, 0.15) is 43.5 Å². The summed E-state index contributed by atoms with van der Waals surface area (Å²) in [5.74, 6) is 0.721. The molecule has 1 aromatic heterocycles. The second-order valence-electron chi connectivity index (χ2n) is 6.23. The molecule has 0 saturated carbocycles. The van der Waals surface area contributed by atoms with Gasteiger partial charge in [-0.3, -0.25) is 9.78 Å². The van der Waals surface area contributed by atoms with Crippen molar-refractivity contribution in [3.63, 3.8) is 0 Å². The molecule has 2 atom stereocenters. The van der Waals surface area contributed by atoms with E-state index in [1.165, 1.54) is 12.8 Å². The normalized spacial score (nSPS) is 28.4. The lowest BCUT2D eigenvalue weighted by atomic mass is 9.89. The maximum atomic E-state index is 12.0. The van der Waals surface area contributed by atoms with Crippen molar-refractivity contribution in [1.29, 1.82) is 0 Å². The van der Waals surface area contributed by atoms with Crippen LogP contribution in [-0.4, -0.2) is 23.0 Å². The topological polar surface area (TPSA) is 54.0 Å². The van der Waals surface area contributed by atoms with Crippen molar-refractivity contribution in [3.8, 4) is 0 Å². The van der Waals surface area contributed by atoms with Crippen LogP contribution in [0.25, 0.3) is 0 Å². The highest BCUT2D eigenvalue weighted by molar-refractivity contribution is 5.76. The minimum Gasteiger partial charge on any atom is -0.350 e. The van der Waals surface area contributed by atoms with Crippen LogP contribution in [-0.2, 0) is 11.3 Å². The maximum Gasteiger partial charge on any atom is 0.220 e. The predicted molar refractivity (Wildman–Crippen MR) is 78.1 cm³/mol. The van der Waals surface area contributed by atoms with Crippen molar-refractivity contribution >= 4 is 5.91 Å². The molecular weight excluding hydrogens is 250 g/mol. The molecule has 20 heavy (non-hydrogen) atoms. The lowest BCUT2D eigenvalue weighted by Gasteiger charge is -2.28. The van der Waals surface area contributed by atoms with E-state index in [9.17, 15) is 4.79 Å². The molecule has 0 radical (unpaired) electrons. The zero-order valence-corrected chi connectivity index (χ0v) is 12.1. The second-order valence-corrected chi connectivity index (χ2v) is 6.23. The highest BCUT2D eigenvalue weighted by Gasteiger charge is 2.34. The SMILES string of the molecule is Cc1cccc(CNC(=O)CC2CC3CCC(C2)N3)n1. The molecule has 3 heterocycles. The van der Waals surface area contributed by atoms with Crippen LogP contribution >= 0.6 is 0 Å². The van der Waals surface area contributed by atoms with Gasteiger partial charge in [0.05, 0.1) is 12.2 Å². The number of carbonyl (C=O) groups is 1. The van der Waals surface area contributed by atoms with Crippen molar-refractivity contribution in [2.24, 2.45) is 5.92 Å². The van der Waals surface area contributed by atoms with Crippen molar-refractivity contribution in [2.45, 2.75) is 57.7 Å². The third-order valence-corrected chi connectivity index (χ3v) is 4.46. The third-order valence-electron chi connectivity index (χ3n) is 4.46. The van der Waals surface area contributed by atoms with Gasteiger partial charge in [0.2, 0.25) is 5.91 Å². The Hall–Kier alpha value is -1.42. The van der Waals surface area contributed by atoms with E-state index in [4.69, 9.17) is 0 Å². The first-order valence-corrected chi connectivity index (χ1v) is 7.64. The lowest BCUT2D eigenvalue weighted by molar-refractivity contribution is -0.122. The van der Waals surface area contributed by atoms with Gasteiger partial charge in [-0.15, -0.1) is 0 Å². The van der Waals surface area contributed by atoms with Crippen molar-refractivity contribution in [2.75, 3.05) is 0 Å². The van der Waals surface area contributed by atoms with Crippen LogP contribution in [0.4, 0.5) is 0 Å². The minimum absolute atomic E-state index is 0.166. The standard InChI is InChI=1S/C16H23N3O/c1-11-3-2-4-15(18-11)10-17-16(20)9-12-7-13-5-6-14(8-12)19-13/h2-4,12-14,19H,5-10H2,1H3,(H,17,20). The predicted octanol–water partition coefficient (Wildman–Crippen LogP) is 1.93. The van der Waals surface area contributed by atoms with Gasteiger partial charge in [0, 0.05) is 24.2 Å². The van der Waals surface area contributed by atoms with Gasteiger partial charge in [0.15, 0.2) is 0 Å². The number of nitrogens with one attached hydrogen (secondary N) is 2. The van der Waals surface area contributed by atoms with E-state index >= 15 is 0 Å².